The molecule has 0 aromatic heterocycles. The van der Waals surface area contributed by atoms with Gasteiger partial charge in [-0.05, 0) is 29.5 Å². The van der Waals surface area contributed by atoms with Crippen LogP contribution in [0.4, 0.5) is 0 Å². The molecule has 1 heterocycles. The molecule has 0 saturated carbocycles. The molecule has 2 atom stereocenters. The number of aliphatic imine (C=N–C) groups is 1. The van der Waals surface area contributed by atoms with Gasteiger partial charge in [0.25, 0.3) is 0 Å². The summed E-state index contributed by atoms with van der Waals surface area (Å²) in [5.41, 5.74) is 2.43. The Balaban J connectivity index is 0.00000176. The van der Waals surface area contributed by atoms with Crippen molar-refractivity contribution in [2.24, 2.45) is 4.99 Å². The number of rotatable bonds is 2. The Labute approximate surface area is 168 Å². The highest BCUT2D eigenvalue weighted by molar-refractivity contribution is 14.0. The van der Waals surface area contributed by atoms with Crippen molar-refractivity contribution in [1.82, 2.24) is 5.32 Å². The van der Waals surface area contributed by atoms with E-state index in [1.165, 1.54) is 11.1 Å². The summed E-state index contributed by atoms with van der Waals surface area (Å²) < 4.78 is 2.21. The largest absolute Gasteiger partial charge is 0.356 e. The van der Waals surface area contributed by atoms with Crippen molar-refractivity contribution in [2.75, 3.05) is 6.26 Å². The fourth-order valence-electron chi connectivity index (χ4n) is 2.50. The number of hydrogen-bond donors (Lipinski definition) is 1. The monoisotopic (exact) mass is 552 g/mol. The maximum atomic E-state index is 4.85. The molecule has 0 aliphatic carbocycles. The summed E-state index contributed by atoms with van der Waals surface area (Å²) in [7, 11) is 0. The van der Waals surface area contributed by atoms with Crippen molar-refractivity contribution in [3.05, 3.63) is 68.6 Å². The minimum atomic E-state index is 0. The smallest absolute Gasteiger partial charge is 0.157 e. The summed E-state index contributed by atoms with van der Waals surface area (Å²) in [6, 6.07) is 16.8. The van der Waals surface area contributed by atoms with Crippen molar-refractivity contribution in [2.45, 2.75) is 12.1 Å². The van der Waals surface area contributed by atoms with Gasteiger partial charge in [-0.3, -0.25) is 4.99 Å². The Hall–Kier alpha value is -0.0500. The Morgan fingerprint density at radius 3 is 2.05 bits per heavy atom. The van der Waals surface area contributed by atoms with Gasteiger partial charge in [0.15, 0.2) is 5.17 Å². The van der Waals surface area contributed by atoms with E-state index in [4.69, 9.17) is 4.99 Å². The summed E-state index contributed by atoms with van der Waals surface area (Å²) in [6.07, 6.45) is 2.05. The first kappa shape index (κ1) is 18.3. The van der Waals surface area contributed by atoms with Crippen molar-refractivity contribution < 1.29 is 0 Å². The van der Waals surface area contributed by atoms with Crippen molar-refractivity contribution in [3.8, 4) is 0 Å². The molecule has 22 heavy (non-hydrogen) atoms. The van der Waals surface area contributed by atoms with Crippen LogP contribution < -0.4 is 5.32 Å². The van der Waals surface area contributed by atoms with Crippen LogP contribution in [0, 0.1) is 0 Å². The minimum Gasteiger partial charge on any atom is -0.356 e. The van der Waals surface area contributed by atoms with Crippen LogP contribution in [0.2, 0.25) is 0 Å². The molecule has 2 aromatic carbocycles. The van der Waals surface area contributed by atoms with E-state index < -0.39 is 0 Å². The van der Waals surface area contributed by atoms with Crippen LogP contribution in [0.3, 0.4) is 0 Å². The number of benzene rings is 2. The van der Waals surface area contributed by atoms with Gasteiger partial charge >= 0.3 is 0 Å². The van der Waals surface area contributed by atoms with Gasteiger partial charge in [0.2, 0.25) is 0 Å². The average molecular weight is 554 g/mol. The molecule has 2 unspecified atom stereocenters. The SMILES string of the molecule is CSC1=NC(c2ccccc2Br)C(c2ccccc2Br)N1.I. The molecule has 6 heteroatoms. The quantitative estimate of drug-likeness (QED) is 0.466. The van der Waals surface area contributed by atoms with Gasteiger partial charge in [0.1, 0.15) is 6.04 Å². The summed E-state index contributed by atoms with van der Waals surface area (Å²) in [4.78, 5) is 4.85. The molecule has 0 bridgehead atoms. The second-order valence-electron chi connectivity index (χ2n) is 4.75. The van der Waals surface area contributed by atoms with E-state index in [1.807, 2.05) is 18.4 Å². The summed E-state index contributed by atoms with van der Waals surface area (Å²) in [5.74, 6) is 0. The van der Waals surface area contributed by atoms with Crippen LogP contribution in [-0.4, -0.2) is 11.4 Å². The zero-order chi connectivity index (χ0) is 14.8. The number of nitrogens with one attached hydrogen (secondary N) is 1. The predicted molar refractivity (Wildman–Crippen MR) is 113 cm³/mol. The van der Waals surface area contributed by atoms with Crippen molar-refractivity contribution in [1.29, 1.82) is 0 Å². The van der Waals surface area contributed by atoms with Gasteiger partial charge in [-0.25, -0.2) is 0 Å². The molecule has 1 N–H and O–H groups in total. The first-order chi connectivity index (χ1) is 10.2. The molecular formula is C16H15Br2IN2S. The Morgan fingerprint density at radius 2 is 1.50 bits per heavy atom. The van der Waals surface area contributed by atoms with E-state index in [0.29, 0.717) is 0 Å². The molecule has 0 spiro atoms. The van der Waals surface area contributed by atoms with Crippen LogP contribution in [0.1, 0.15) is 23.2 Å². The molecule has 0 fully saturated rings. The van der Waals surface area contributed by atoms with Crippen LogP contribution in [0.5, 0.6) is 0 Å². The van der Waals surface area contributed by atoms with E-state index in [9.17, 15) is 0 Å². The van der Waals surface area contributed by atoms with Gasteiger partial charge in [-0.15, -0.1) is 24.0 Å². The normalized spacial score (nSPS) is 20.0. The lowest BCUT2D eigenvalue weighted by Gasteiger charge is -2.21. The second kappa shape index (κ2) is 8.17. The Kier molecular flexibility index (Phi) is 6.79. The fraction of sp³-hybridized carbons (Fsp3) is 0.188. The highest BCUT2D eigenvalue weighted by Gasteiger charge is 2.33. The standard InChI is InChI=1S/C16H14Br2N2S.HI/c1-21-16-19-14(10-6-2-4-8-12(10)17)15(20-16)11-7-3-5-9-13(11)18;/h2-9,14-15H,1H3,(H,19,20);1H. The lowest BCUT2D eigenvalue weighted by Crippen LogP contribution is -2.22. The molecule has 116 valence electrons. The third kappa shape index (κ3) is 3.71. The first-order valence-corrected chi connectivity index (χ1v) is 9.39. The lowest BCUT2D eigenvalue weighted by atomic mass is 9.95. The molecule has 3 rings (SSSR count). The van der Waals surface area contributed by atoms with Gasteiger partial charge in [0.05, 0.1) is 6.04 Å². The van der Waals surface area contributed by atoms with E-state index in [1.54, 1.807) is 11.8 Å². The third-order valence-electron chi connectivity index (χ3n) is 3.51. The predicted octanol–water partition coefficient (Wildman–Crippen LogP) is 5.93. The molecule has 0 amide bonds. The van der Waals surface area contributed by atoms with E-state index in [2.05, 4.69) is 73.6 Å². The number of thioether (sulfide) groups is 1. The number of nitrogens with zero attached hydrogens (tertiary/aromatic N) is 1. The number of amidine groups is 1. The maximum absolute atomic E-state index is 4.85. The van der Waals surface area contributed by atoms with Gasteiger partial charge in [0, 0.05) is 8.95 Å². The highest BCUT2D eigenvalue weighted by Crippen LogP contribution is 2.42. The minimum absolute atomic E-state index is 0. The molecule has 2 aromatic rings. The van der Waals surface area contributed by atoms with Crippen LogP contribution in [0.25, 0.3) is 0 Å². The zero-order valence-corrected chi connectivity index (χ0v) is 18.1. The van der Waals surface area contributed by atoms with Crippen molar-refractivity contribution in [3.63, 3.8) is 0 Å². The zero-order valence-electron chi connectivity index (χ0n) is 11.8. The number of hydrogen-bond acceptors (Lipinski definition) is 3. The molecule has 0 radical (unpaired) electrons. The fourth-order valence-corrected chi connectivity index (χ4v) is 4.02. The van der Waals surface area contributed by atoms with Gasteiger partial charge < -0.3 is 5.32 Å². The molecule has 0 saturated heterocycles. The summed E-state index contributed by atoms with van der Waals surface area (Å²) in [6.45, 7) is 0. The number of halogens is 3. The van der Waals surface area contributed by atoms with Crippen LogP contribution in [-0.2, 0) is 0 Å². The molecular weight excluding hydrogens is 539 g/mol. The van der Waals surface area contributed by atoms with E-state index in [0.717, 1.165) is 14.1 Å². The van der Waals surface area contributed by atoms with Crippen LogP contribution >= 0.6 is 67.6 Å². The first-order valence-electron chi connectivity index (χ1n) is 6.58. The third-order valence-corrected chi connectivity index (χ3v) is 5.56. The topological polar surface area (TPSA) is 24.4 Å². The summed E-state index contributed by atoms with van der Waals surface area (Å²) in [5, 5.41) is 4.52. The summed E-state index contributed by atoms with van der Waals surface area (Å²) >= 11 is 8.96. The van der Waals surface area contributed by atoms with Crippen LogP contribution in [0.15, 0.2) is 62.5 Å². The maximum Gasteiger partial charge on any atom is 0.157 e. The Bertz CT molecular complexity index is 693. The van der Waals surface area contributed by atoms with Gasteiger partial charge in [-0.1, -0.05) is 80.0 Å². The van der Waals surface area contributed by atoms with Gasteiger partial charge in [-0.2, -0.15) is 0 Å². The Morgan fingerprint density at radius 1 is 0.955 bits per heavy atom. The van der Waals surface area contributed by atoms with E-state index in [-0.39, 0.29) is 36.1 Å². The molecule has 2 nitrogen and oxygen atoms in total. The molecule has 1 aliphatic rings. The highest BCUT2D eigenvalue weighted by atomic mass is 127. The molecule has 1 aliphatic heterocycles. The van der Waals surface area contributed by atoms with Crippen molar-refractivity contribution >= 4 is 72.8 Å². The average Bonchev–Trinajstić information content (AvgIpc) is 2.92. The van der Waals surface area contributed by atoms with E-state index >= 15 is 0 Å². The second-order valence-corrected chi connectivity index (χ2v) is 7.25. The lowest BCUT2D eigenvalue weighted by molar-refractivity contribution is 0.569.